The molecule has 1 aliphatic rings. The first-order chi connectivity index (χ1) is 9.69. The second-order valence-corrected chi connectivity index (χ2v) is 5.98. The summed E-state index contributed by atoms with van der Waals surface area (Å²) in [6.07, 6.45) is 6.56. The first kappa shape index (κ1) is 15.3. The third-order valence-electron chi connectivity index (χ3n) is 3.86. The Kier molecular flexibility index (Phi) is 5.86. The van der Waals surface area contributed by atoms with Gasteiger partial charge in [0.25, 0.3) is 0 Å². The van der Waals surface area contributed by atoms with E-state index in [1.165, 1.54) is 32.1 Å². The molecular weight excluding hydrogens is 250 g/mol. The maximum Gasteiger partial charge on any atom is 0.120 e. The first-order valence-electron chi connectivity index (χ1n) is 7.82. The zero-order valence-corrected chi connectivity index (χ0v) is 12.6. The van der Waals surface area contributed by atoms with Gasteiger partial charge in [-0.1, -0.05) is 31.4 Å². The highest BCUT2D eigenvalue weighted by Crippen LogP contribution is 2.24. The van der Waals surface area contributed by atoms with Crippen molar-refractivity contribution in [2.75, 3.05) is 6.61 Å². The van der Waals surface area contributed by atoms with Crippen molar-refractivity contribution in [3.8, 4) is 5.75 Å². The molecule has 0 radical (unpaired) electrons. The molecule has 3 nitrogen and oxygen atoms in total. The summed E-state index contributed by atoms with van der Waals surface area (Å²) in [6.45, 7) is 4.18. The summed E-state index contributed by atoms with van der Waals surface area (Å²) < 4.78 is 5.73. The molecule has 112 valence electrons. The molecule has 0 amide bonds. The minimum absolute atomic E-state index is 0.00816. The molecule has 0 spiro atoms. The molecule has 0 saturated heterocycles. The number of aliphatic hydroxyl groups excluding tert-OH is 1. The van der Waals surface area contributed by atoms with E-state index >= 15 is 0 Å². The van der Waals surface area contributed by atoms with Crippen LogP contribution in [0.5, 0.6) is 5.75 Å². The van der Waals surface area contributed by atoms with E-state index in [2.05, 4.69) is 11.4 Å². The van der Waals surface area contributed by atoms with Gasteiger partial charge in [0.2, 0.25) is 0 Å². The number of aliphatic hydroxyl groups is 1. The predicted octanol–water partition coefficient (Wildman–Crippen LogP) is 3.43. The molecule has 1 unspecified atom stereocenters. The van der Waals surface area contributed by atoms with E-state index < -0.39 is 0 Å². The molecule has 2 rings (SSSR count). The number of rotatable bonds is 6. The van der Waals surface area contributed by atoms with Gasteiger partial charge < -0.3 is 15.2 Å². The van der Waals surface area contributed by atoms with Crippen LogP contribution in [0.2, 0.25) is 0 Å². The Hall–Kier alpha value is -1.06. The summed E-state index contributed by atoms with van der Waals surface area (Å²) in [7, 11) is 0. The van der Waals surface area contributed by atoms with Crippen LogP contribution in [0.25, 0.3) is 0 Å². The van der Waals surface area contributed by atoms with Gasteiger partial charge in [0.05, 0.1) is 18.8 Å². The molecule has 1 saturated carbocycles. The topological polar surface area (TPSA) is 41.5 Å². The molecule has 1 atom stereocenters. The largest absolute Gasteiger partial charge is 0.491 e. The van der Waals surface area contributed by atoms with Gasteiger partial charge in [0, 0.05) is 6.04 Å². The Morgan fingerprint density at radius 3 is 2.65 bits per heavy atom. The lowest BCUT2D eigenvalue weighted by molar-refractivity contribution is 0.218. The van der Waals surface area contributed by atoms with Gasteiger partial charge in [-0.3, -0.25) is 0 Å². The molecule has 0 aliphatic heterocycles. The van der Waals surface area contributed by atoms with Crippen LogP contribution in [0.3, 0.4) is 0 Å². The first-order valence-corrected chi connectivity index (χ1v) is 7.82. The SMILES string of the molecule is CC(C)Oc1cccc(C(CO)NC2CCCCC2)c1. The average molecular weight is 277 g/mol. The van der Waals surface area contributed by atoms with Gasteiger partial charge in [0.15, 0.2) is 0 Å². The quantitative estimate of drug-likeness (QED) is 0.837. The van der Waals surface area contributed by atoms with E-state index in [1.54, 1.807) is 0 Å². The minimum Gasteiger partial charge on any atom is -0.491 e. The van der Waals surface area contributed by atoms with Crippen molar-refractivity contribution in [1.29, 1.82) is 0 Å². The van der Waals surface area contributed by atoms with Crippen LogP contribution < -0.4 is 10.1 Å². The van der Waals surface area contributed by atoms with Gasteiger partial charge in [-0.2, -0.15) is 0 Å². The predicted molar refractivity (Wildman–Crippen MR) is 82.0 cm³/mol. The monoisotopic (exact) mass is 277 g/mol. The summed E-state index contributed by atoms with van der Waals surface area (Å²) >= 11 is 0. The number of benzene rings is 1. The fourth-order valence-electron chi connectivity index (χ4n) is 2.88. The summed E-state index contributed by atoms with van der Waals surface area (Å²) in [5, 5.41) is 13.3. The smallest absolute Gasteiger partial charge is 0.120 e. The summed E-state index contributed by atoms with van der Waals surface area (Å²) in [5.41, 5.74) is 1.11. The minimum atomic E-state index is 0.00816. The third kappa shape index (κ3) is 4.50. The fourth-order valence-corrected chi connectivity index (χ4v) is 2.88. The van der Waals surface area contributed by atoms with Crippen molar-refractivity contribution in [3.05, 3.63) is 29.8 Å². The van der Waals surface area contributed by atoms with E-state index in [9.17, 15) is 5.11 Å². The fraction of sp³-hybridized carbons (Fsp3) is 0.647. The Morgan fingerprint density at radius 1 is 1.25 bits per heavy atom. The zero-order chi connectivity index (χ0) is 14.4. The molecule has 1 aliphatic carbocycles. The third-order valence-corrected chi connectivity index (χ3v) is 3.86. The standard InChI is InChI=1S/C17H27NO2/c1-13(2)20-16-10-6-7-14(11-16)17(12-19)18-15-8-4-3-5-9-15/h6-7,10-11,13,15,17-19H,3-5,8-9,12H2,1-2H3. The van der Waals surface area contributed by atoms with Gasteiger partial charge in [-0.15, -0.1) is 0 Å². The Balaban J connectivity index is 2.02. The summed E-state index contributed by atoms with van der Waals surface area (Å²) in [4.78, 5) is 0. The maximum atomic E-state index is 9.68. The Morgan fingerprint density at radius 2 is 2.00 bits per heavy atom. The van der Waals surface area contributed by atoms with Crippen molar-refractivity contribution in [3.63, 3.8) is 0 Å². The summed E-state index contributed by atoms with van der Waals surface area (Å²) in [5.74, 6) is 0.876. The molecule has 0 aromatic heterocycles. The molecule has 1 aromatic carbocycles. The van der Waals surface area contributed by atoms with Gasteiger partial charge in [-0.25, -0.2) is 0 Å². The molecule has 3 heteroatoms. The lowest BCUT2D eigenvalue weighted by atomic mass is 9.94. The maximum absolute atomic E-state index is 9.68. The van der Waals surface area contributed by atoms with Crippen LogP contribution in [0.15, 0.2) is 24.3 Å². The van der Waals surface area contributed by atoms with E-state index in [1.807, 2.05) is 32.0 Å². The van der Waals surface area contributed by atoms with Crippen molar-refractivity contribution in [1.82, 2.24) is 5.32 Å². The second kappa shape index (κ2) is 7.65. The molecule has 20 heavy (non-hydrogen) atoms. The highest BCUT2D eigenvalue weighted by molar-refractivity contribution is 5.31. The van der Waals surface area contributed by atoms with E-state index in [0.717, 1.165) is 11.3 Å². The Bertz CT molecular complexity index is 400. The van der Waals surface area contributed by atoms with Crippen molar-refractivity contribution >= 4 is 0 Å². The molecule has 1 fully saturated rings. The van der Waals surface area contributed by atoms with Crippen LogP contribution in [-0.4, -0.2) is 23.9 Å². The molecule has 2 N–H and O–H groups in total. The normalized spacial score (nSPS) is 18.2. The number of nitrogens with one attached hydrogen (secondary N) is 1. The number of hydrogen-bond donors (Lipinski definition) is 2. The molecule has 0 bridgehead atoms. The zero-order valence-electron chi connectivity index (χ0n) is 12.6. The molecule has 0 heterocycles. The molecule has 1 aromatic rings. The van der Waals surface area contributed by atoms with Crippen molar-refractivity contribution < 1.29 is 9.84 Å². The lowest BCUT2D eigenvalue weighted by Gasteiger charge is -2.28. The Labute approximate surface area is 122 Å². The lowest BCUT2D eigenvalue weighted by Crippen LogP contribution is -2.36. The van der Waals surface area contributed by atoms with Gasteiger partial charge in [0.1, 0.15) is 5.75 Å². The van der Waals surface area contributed by atoms with Crippen molar-refractivity contribution in [2.45, 2.75) is 64.1 Å². The van der Waals surface area contributed by atoms with Crippen LogP contribution in [-0.2, 0) is 0 Å². The van der Waals surface area contributed by atoms with E-state index in [-0.39, 0.29) is 18.8 Å². The van der Waals surface area contributed by atoms with E-state index in [4.69, 9.17) is 4.74 Å². The van der Waals surface area contributed by atoms with Crippen LogP contribution in [0.4, 0.5) is 0 Å². The summed E-state index contributed by atoms with van der Waals surface area (Å²) in [6, 6.07) is 8.61. The van der Waals surface area contributed by atoms with E-state index in [0.29, 0.717) is 6.04 Å². The molecular formula is C17H27NO2. The van der Waals surface area contributed by atoms with Crippen LogP contribution >= 0.6 is 0 Å². The van der Waals surface area contributed by atoms with Gasteiger partial charge >= 0.3 is 0 Å². The highest BCUT2D eigenvalue weighted by atomic mass is 16.5. The van der Waals surface area contributed by atoms with Gasteiger partial charge in [-0.05, 0) is 44.4 Å². The van der Waals surface area contributed by atoms with Crippen molar-refractivity contribution in [2.24, 2.45) is 0 Å². The number of ether oxygens (including phenoxy) is 1. The highest BCUT2D eigenvalue weighted by Gasteiger charge is 2.19. The second-order valence-electron chi connectivity index (χ2n) is 5.98. The van der Waals surface area contributed by atoms with Crippen LogP contribution in [0.1, 0.15) is 57.6 Å². The van der Waals surface area contributed by atoms with Crippen LogP contribution in [0, 0.1) is 0 Å². The average Bonchev–Trinajstić information content (AvgIpc) is 2.45. The number of hydrogen-bond acceptors (Lipinski definition) is 3.